The number of fused-ring (bicyclic) bond motifs is 3. The molecule has 2 aliphatic rings. The van der Waals surface area contributed by atoms with Crippen molar-refractivity contribution < 1.29 is 13.5 Å². The molecule has 146 valence electrons. The van der Waals surface area contributed by atoms with Gasteiger partial charge in [0.1, 0.15) is 17.7 Å². The first-order valence-corrected chi connectivity index (χ1v) is 9.50. The second-order valence-electron chi connectivity index (χ2n) is 7.49. The molecule has 0 aliphatic carbocycles. The number of rotatable bonds is 2. The third-order valence-corrected chi connectivity index (χ3v) is 5.63. The molecule has 3 N–H and O–H groups in total. The molecule has 1 saturated heterocycles. The van der Waals surface area contributed by atoms with E-state index >= 15 is 0 Å². The fraction of sp³-hybridized carbons (Fsp3) is 0.400. The topological polar surface area (TPSA) is 77.5 Å². The van der Waals surface area contributed by atoms with Gasteiger partial charge in [-0.1, -0.05) is 0 Å². The predicted molar refractivity (Wildman–Crippen MR) is 98.8 cm³/mol. The molecule has 5 rings (SSSR count). The smallest absolute Gasteiger partial charge is 0.159 e. The van der Waals surface area contributed by atoms with Crippen molar-refractivity contribution in [3.8, 4) is 0 Å². The van der Waals surface area contributed by atoms with Crippen LogP contribution in [0.25, 0.3) is 5.65 Å². The van der Waals surface area contributed by atoms with Crippen LogP contribution in [0.2, 0.25) is 0 Å². The van der Waals surface area contributed by atoms with E-state index < -0.39 is 23.8 Å². The van der Waals surface area contributed by atoms with Gasteiger partial charge in [0, 0.05) is 54.5 Å². The Hall–Kier alpha value is -2.42. The Bertz CT molecular complexity index is 1040. The number of hydrogen-bond donors (Lipinski definition) is 2. The fourth-order valence-corrected chi connectivity index (χ4v) is 4.19. The number of ether oxygens (including phenoxy) is 1. The van der Waals surface area contributed by atoms with Gasteiger partial charge in [-0.3, -0.25) is 0 Å². The molecule has 0 saturated carbocycles. The summed E-state index contributed by atoms with van der Waals surface area (Å²) in [6.07, 6.45) is 2.73. The van der Waals surface area contributed by atoms with Crippen molar-refractivity contribution in [1.29, 1.82) is 0 Å². The van der Waals surface area contributed by atoms with Crippen LogP contribution in [0.1, 0.15) is 41.0 Å². The third kappa shape index (κ3) is 2.97. The number of nitrogens with zero attached hydrogens (tertiary/aromatic N) is 3. The highest BCUT2D eigenvalue weighted by atomic mass is 19.1. The largest absolute Gasteiger partial charge is 0.371 e. The van der Waals surface area contributed by atoms with Crippen LogP contribution in [0, 0.1) is 11.6 Å². The summed E-state index contributed by atoms with van der Waals surface area (Å²) < 4.78 is 35.4. The monoisotopic (exact) mass is 385 g/mol. The molecule has 3 atom stereocenters. The lowest BCUT2D eigenvalue weighted by molar-refractivity contribution is -0.0149. The third-order valence-electron chi connectivity index (χ3n) is 5.63. The lowest BCUT2D eigenvalue weighted by Gasteiger charge is -2.34. The molecule has 2 aliphatic heterocycles. The summed E-state index contributed by atoms with van der Waals surface area (Å²) in [5.41, 5.74) is 10.4. The van der Waals surface area contributed by atoms with Crippen molar-refractivity contribution in [1.82, 2.24) is 19.9 Å². The van der Waals surface area contributed by atoms with E-state index in [2.05, 4.69) is 10.4 Å². The summed E-state index contributed by atoms with van der Waals surface area (Å²) in [5.74, 6) is -1.01. The molecular formula is C20H21F2N5O. The van der Waals surface area contributed by atoms with Crippen molar-refractivity contribution in [2.45, 2.75) is 37.5 Å². The molecule has 2 aromatic heterocycles. The number of benzene rings is 1. The number of aromatic nitrogens is 3. The van der Waals surface area contributed by atoms with E-state index in [1.165, 1.54) is 0 Å². The normalized spacial score (nSPS) is 25.0. The first-order chi connectivity index (χ1) is 13.6. The molecule has 0 amide bonds. The standard InChI is InChI=1S/C20H21F2N5O/c21-12-1-2-15(22)13(8-12)19-16(23)7-11(10-28-19)17-4-6-27-20(25-17)14-9-24-5-3-18(14)26-27/h1-2,4,6,8,11,16,19,24H,3,5,7,9-10,23H2/t11-,16-,19+/m0/s1. The minimum atomic E-state index is -0.664. The Morgan fingerprint density at radius 3 is 3.00 bits per heavy atom. The molecule has 3 aromatic rings. The lowest BCUT2D eigenvalue weighted by Crippen LogP contribution is -2.38. The summed E-state index contributed by atoms with van der Waals surface area (Å²) in [4.78, 5) is 4.83. The molecular weight excluding hydrogens is 364 g/mol. The average Bonchev–Trinajstić information content (AvgIpc) is 3.08. The molecule has 0 spiro atoms. The van der Waals surface area contributed by atoms with E-state index in [1.54, 1.807) is 0 Å². The first kappa shape index (κ1) is 17.7. The van der Waals surface area contributed by atoms with Gasteiger partial charge in [-0.25, -0.2) is 18.3 Å². The van der Waals surface area contributed by atoms with Crippen molar-refractivity contribution >= 4 is 5.65 Å². The summed E-state index contributed by atoms with van der Waals surface area (Å²) in [7, 11) is 0. The van der Waals surface area contributed by atoms with Gasteiger partial charge in [-0.2, -0.15) is 5.10 Å². The van der Waals surface area contributed by atoms with Crippen LogP contribution >= 0.6 is 0 Å². The summed E-state index contributed by atoms with van der Waals surface area (Å²) in [5, 5.41) is 7.96. The Labute approximate surface area is 160 Å². The maximum Gasteiger partial charge on any atom is 0.159 e. The maximum atomic E-state index is 14.1. The predicted octanol–water partition coefficient (Wildman–Crippen LogP) is 2.23. The van der Waals surface area contributed by atoms with Crippen molar-refractivity contribution in [2.75, 3.05) is 13.2 Å². The van der Waals surface area contributed by atoms with E-state index in [0.717, 1.165) is 60.3 Å². The number of hydrogen-bond acceptors (Lipinski definition) is 5. The minimum absolute atomic E-state index is 0.00466. The van der Waals surface area contributed by atoms with Gasteiger partial charge in [-0.05, 0) is 30.7 Å². The molecule has 0 unspecified atom stereocenters. The van der Waals surface area contributed by atoms with E-state index in [0.29, 0.717) is 13.0 Å². The zero-order valence-electron chi connectivity index (χ0n) is 15.2. The Morgan fingerprint density at radius 1 is 1.25 bits per heavy atom. The molecule has 8 heteroatoms. The van der Waals surface area contributed by atoms with Crippen molar-refractivity contribution in [2.24, 2.45) is 5.73 Å². The molecule has 0 radical (unpaired) electrons. The Kier molecular flexibility index (Phi) is 4.34. The van der Waals surface area contributed by atoms with Crippen molar-refractivity contribution in [3.05, 3.63) is 64.6 Å². The highest BCUT2D eigenvalue weighted by Crippen LogP contribution is 2.35. The van der Waals surface area contributed by atoms with Crippen LogP contribution in [0.5, 0.6) is 0 Å². The van der Waals surface area contributed by atoms with E-state index in [9.17, 15) is 8.78 Å². The Balaban J connectivity index is 1.40. The molecule has 6 nitrogen and oxygen atoms in total. The van der Waals surface area contributed by atoms with Gasteiger partial charge in [0.25, 0.3) is 0 Å². The Morgan fingerprint density at radius 2 is 2.14 bits per heavy atom. The van der Waals surface area contributed by atoms with Crippen LogP contribution in [0.4, 0.5) is 8.78 Å². The zero-order chi connectivity index (χ0) is 19.3. The van der Waals surface area contributed by atoms with Gasteiger partial charge >= 0.3 is 0 Å². The van der Waals surface area contributed by atoms with E-state index in [1.807, 2.05) is 16.8 Å². The highest BCUT2D eigenvalue weighted by Gasteiger charge is 2.33. The highest BCUT2D eigenvalue weighted by molar-refractivity contribution is 5.51. The molecule has 4 heterocycles. The van der Waals surface area contributed by atoms with E-state index in [4.69, 9.17) is 15.5 Å². The van der Waals surface area contributed by atoms with E-state index in [-0.39, 0.29) is 11.5 Å². The van der Waals surface area contributed by atoms with Crippen LogP contribution in [0.15, 0.2) is 30.5 Å². The fourth-order valence-electron chi connectivity index (χ4n) is 4.19. The molecule has 0 bridgehead atoms. The summed E-state index contributed by atoms with van der Waals surface area (Å²) in [6.45, 7) is 2.04. The van der Waals surface area contributed by atoms with Gasteiger partial charge in [0.05, 0.1) is 12.3 Å². The van der Waals surface area contributed by atoms with Gasteiger partial charge in [0.2, 0.25) is 0 Å². The van der Waals surface area contributed by atoms with Gasteiger partial charge in [0.15, 0.2) is 5.65 Å². The number of nitrogens with one attached hydrogen (secondary N) is 1. The number of nitrogens with two attached hydrogens (primary N) is 1. The summed E-state index contributed by atoms with van der Waals surface area (Å²) >= 11 is 0. The second kappa shape index (κ2) is 6.88. The van der Waals surface area contributed by atoms with Crippen LogP contribution in [-0.2, 0) is 17.7 Å². The second-order valence-corrected chi connectivity index (χ2v) is 7.49. The number of halogens is 2. The zero-order valence-corrected chi connectivity index (χ0v) is 15.2. The van der Waals surface area contributed by atoms with Gasteiger partial charge < -0.3 is 15.8 Å². The van der Waals surface area contributed by atoms with Crippen LogP contribution < -0.4 is 11.1 Å². The van der Waals surface area contributed by atoms with Crippen LogP contribution in [0.3, 0.4) is 0 Å². The van der Waals surface area contributed by atoms with Crippen molar-refractivity contribution in [3.63, 3.8) is 0 Å². The minimum Gasteiger partial charge on any atom is -0.371 e. The molecule has 1 aromatic carbocycles. The van der Waals surface area contributed by atoms with Crippen LogP contribution in [-0.4, -0.2) is 33.8 Å². The molecule has 1 fully saturated rings. The average molecular weight is 385 g/mol. The molecule has 28 heavy (non-hydrogen) atoms. The first-order valence-electron chi connectivity index (χ1n) is 9.50. The van der Waals surface area contributed by atoms with Gasteiger partial charge in [-0.15, -0.1) is 0 Å². The SMILES string of the molecule is N[C@H]1C[C@H](c2ccn3nc4c(c3n2)CNCC4)CO[C@@H]1c1cc(F)ccc1F. The maximum absolute atomic E-state index is 14.1. The summed E-state index contributed by atoms with van der Waals surface area (Å²) in [6, 6.07) is 4.85. The quantitative estimate of drug-likeness (QED) is 0.707. The lowest BCUT2D eigenvalue weighted by atomic mass is 9.88.